The first-order valence-electron chi connectivity index (χ1n) is 6.05. The normalized spacial score (nSPS) is 18.2. The van der Waals surface area contributed by atoms with Crippen LogP contribution in [0.15, 0.2) is 34.5 Å². The molecule has 1 unspecified atom stereocenters. The van der Waals surface area contributed by atoms with E-state index in [9.17, 15) is 0 Å². The Morgan fingerprint density at radius 2 is 2.11 bits per heavy atom. The highest BCUT2D eigenvalue weighted by Gasteiger charge is 2.22. The zero-order valence-electron chi connectivity index (χ0n) is 10.1. The summed E-state index contributed by atoms with van der Waals surface area (Å²) in [7, 11) is 0. The van der Waals surface area contributed by atoms with Gasteiger partial charge in [0, 0.05) is 16.4 Å². The molecule has 0 spiro atoms. The van der Waals surface area contributed by atoms with Crippen LogP contribution in [0.1, 0.15) is 22.6 Å². The Balaban J connectivity index is 1.83. The van der Waals surface area contributed by atoms with Crippen molar-refractivity contribution in [1.82, 2.24) is 0 Å². The second-order valence-electron chi connectivity index (χ2n) is 4.31. The molecule has 0 aliphatic carbocycles. The minimum absolute atomic E-state index is 0.484. The fraction of sp³-hybridized carbons (Fsp3) is 0.286. The largest absolute Gasteiger partial charge is 0.382 e. The van der Waals surface area contributed by atoms with E-state index in [0.717, 1.165) is 18.0 Å². The van der Waals surface area contributed by atoms with Crippen LogP contribution in [0.3, 0.4) is 0 Å². The molecule has 2 aromatic rings. The lowest BCUT2D eigenvalue weighted by Crippen LogP contribution is -2.13. The summed E-state index contributed by atoms with van der Waals surface area (Å²) in [6.07, 6.45) is 1.12. The number of anilines is 1. The molecule has 94 valence electrons. The van der Waals surface area contributed by atoms with Crippen LogP contribution < -0.4 is 5.32 Å². The van der Waals surface area contributed by atoms with Crippen LogP contribution in [-0.4, -0.2) is 6.54 Å². The van der Waals surface area contributed by atoms with Gasteiger partial charge >= 0.3 is 0 Å². The topological polar surface area (TPSA) is 12.0 Å². The number of rotatable bonds is 2. The molecule has 0 saturated heterocycles. The summed E-state index contributed by atoms with van der Waals surface area (Å²) >= 11 is 9.81. The first-order valence-corrected chi connectivity index (χ1v) is 8.12. The summed E-state index contributed by atoms with van der Waals surface area (Å²) in [6.45, 7) is 3.19. The highest BCUT2D eigenvalue weighted by atomic mass is 35.5. The molecule has 2 heterocycles. The molecule has 0 fully saturated rings. The van der Waals surface area contributed by atoms with Gasteiger partial charge < -0.3 is 5.32 Å². The van der Waals surface area contributed by atoms with Gasteiger partial charge in [0.25, 0.3) is 0 Å². The number of thiophene rings is 1. The Hall–Kier alpha value is -0.640. The van der Waals surface area contributed by atoms with E-state index >= 15 is 0 Å². The molecule has 0 amide bonds. The monoisotopic (exact) mass is 295 g/mol. The number of benzene rings is 1. The second-order valence-corrected chi connectivity index (χ2v) is 7.35. The van der Waals surface area contributed by atoms with Gasteiger partial charge in [-0.25, -0.2) is 0 Å². The van der Waals surface area contributed by atoms with Crippen LogP contribution in [0.4, 0.5) is 5.69 Å². The highest BCUT2D eigenvalue weighted by Crippen LogP contribution is 2.47. The van der Waals surface area contributed by atoms with Gasteiger partial charge in [0.1, 0.15) is 0 Å². The Labute approximate surface area is 121 Å². The molecular weight excluding hydrogens is 282 g/mol. The van der Waals surface area contributed by atoms with Crippen molar-refractivity contribution in [3.05, 3.63) is 45.8 Å². The van der Waals surface area contributed by atoms with Crippen LogP contribution in [0.2, 0.25) is 5.02 Å². The van der Waals surface area contributed by atoms with E-state index in [-0.39, 0.29) is 0 Å². The average Bonchev–Trinajstić information content (AvgIpc) is 2.81. The van der Waals surface area contributed by atoms with Crippen molar-refractivity contribution >= 4 is 40.4 Å². The van der Waals surface area contributed by atoms with Gasteiger partial charge in [0.15, 0.2) is 0 Å². The number of hydrogen-bond donors (Lipinski definition) is 1. The maximum atomic E-state index is 5.93. The van der Waals surface area contributed by atoms with Crippen LogP contribution in [0.25, 0.3) is 0 Å². The van der Waals surface area contributed by atoms with E-state index in [4.69, 9.17) is 11.6 Å². The summed E-state index contributed by atoms with van der Waals surface area (Å²) in [5.74, 6) is 0. The Kier molecular flexibility index (Phi) is 3.55. The van der Waals surface area contributed by atoms with Crippen LogP contribution in [0.5, 0.6) is 0 Å². The summed E-state index contributed by atoms with van der Waals surface area (Å²) in [5.41, 5.74) is 2.65. The van der Waals surface area contributed by atoms with Crippen molar-refractivity contribution in [2.75, 3.05) is 11.9 Å². The van der Waals surface area contributed by atoms with Crippen LogP contribution in [-0.2, 0) is 6.42 Å². The van der Waals surface area contributed by atoms with Crippen molar-refractivity contribution in [3.63, 3.8) is 0 Å². The van der Waals surface area contributed by atoms with Crippen molar-refractivity contribution in [3.8, 4) is 0 Å². The SMILES string of the molecule is CCc1cc2c(s1)SC(c1ccc(Cl)cc1)CN2. The number of fused-ring (bicyclic) bond motifs is 1. The van der Waals surface area contributed by atoms with Gasteiger partial charge in [-0.1, -0.05) is 30.7 Å². The predicted molar refractivity (Wildman–Crippen MR) is 82.2 cm³/mol. The molecule has 1 aromatic heterocycles. The molecule has 18 heavy (non-hydrogen) atoms. The quantitative estimate of drug-likeness (QED) is 0.815. The van der Waals surface area contributed by atoms with Crippen molar-refractivity contribution in [2.45, 2.75) is 22.8 Å². The molecule has 3 rings (SSSR count). The maximum Gasteiger partial charge on any atom is 0.0840 e. The Bertz CT molecular complexity index is 547. The zero-order valence-corrected chi connectivity index (χ0v) is 12.5. The lowest BCUT2D eigenvalue weighted by Gasteiger charge is -2.23. The molecule has 1 N–H and O–H groups in total. The summed E-state index contributed by atoms with van der Waals surface area (Å²) in [5, 5.41) is 4.82. The highest BCUT2D eigenvalue weighted by molar-refractivity contribution is 8.01. The summed E-state index contributed by atoms with van der Waals surface area (Å²) in [4.78, 5) is 1.46. The fourth-order valence-electron chi connectivity index (χ4n) is 2.05. The molecular formula is C14H14ClNS2. The molecule has 0 bridgehead atoms. The molecule has 1 aliphatic rings. The first-order chi connectivity index (χ1) is 8.76. The lowest BCUT2D eigenvalue weighted by atomic mass is 10.1. The zero-order chi connectivity index (χ0) is 12.5. The third-order valence-corrected chi connectivity index (χ3v) is 6.09. The van der Waals surface area contributed by atoms with Crippen LogP contribution >= 0.6 is 34.7 Å². The van der Waals surface area contributed by atoms with E-state index in [1.165, 1.54) is 20.3 Å². The maximum absolute atomic E-state index is 5.93. The van der Waals surface area contributed by atoms with Gasteiger partial charge in [-0.3, -0.25) is 0 Å². The minimum atomic E-state index is 0.484. The molecule has 1 nitrogen and oxygen atoms in total. The number of thioether (sulfide) groups is 1. The summed E-state index contributed by atoms with van der Waals surface area (Å²) < 4.78 is 1.41. The molecule has 0 radical (unpaired) electrons. The van der Waals surface area contributed by atoms with E-state index in [1.54, 1.807) is 0 Å². The molecule has 0 saturated carbocycles. The van der Waals surface area contributed by atoms with Gasteiger partial charge in [-0.15, -0.1) is 23.1 Å². The molecule has 4 heteroatoms. The predicted octanol–water partition coefficient (Wildman–Crippen LogP) is 5.22. The standard InChI is InChI=1S/C14H14ClNS2/c1-2-11-7-12-14(17-11)18-13(8-16-12)9-3-5-10(15)6-4-9/h3-7,13,16H,2,8H2,1H3. The number of halogens is 1. The number of hydrogen-bond acceptors (Lipinski definition) is 3. The van der Waals surface area contributed by atoms with Crippen molar-refractivity contribution in [2.24, 2.45) is 0 Å². The van der Waals surface area contributed by atoms with Crippen molar-refractivity contribution in [1.29, 1.82) is 0 Å². The molecule has 1 aliphatic heterocycles. The first kappa shape index (κ1) is 12.4. The Morgan fingerprint density at radius 1 is 1.33 bits per heavy atom. The van der Waals surface area contributed by atoms with E-state index in [2.05, 4.69) is 30.4 Å². The third-order valence-electron chi connectivity index (χ3n) is 3.07. The number of nitrogens with one attached hydrogen (secondary N) is 1. The fourth-order valence-corrected chi connectivity index (χ4v) is 4.81. The van der Waals surface area contributed by atoms with Gasteiger partial charge in [-0.2, -0.15) is 0 Å². The van der Waals surface area contributed by atoms with E-state index in [0.29, 0.717) is 5.25 Å². The number of aryl methyl sites for hydroxylation is 1. The lowest BCUT2D eigenvalue weighted by molar-refractivity contribution is 0.973. The minimum Gasteiger partial charge on any atom is -0.382 e. The van der Waals surface area contributed by atoms with Gasteiger partial charge in [0.2, 0.25) is 0 Å². The van der Waals surface area contributed by atoms with Crippen molar-refractivity contribution < 1.29 is 0 Å². The van der Waals surface area contributed by atoms with E-state index in [1.807, 2.05) is 35.2 Å². The second kappa shape index (κ2) is 5.16. The van der Waals surface area contributed by atoms with E-state index < -0.39 is 0 Å². The third kappa shape index (κ3) is 2.40. The molecule has 1 aromatic carbocycles. The van der Waals surface area contributed by atoms with Crippen LogP contribution in [0, 0.1) is 0 Å². The summed E-state index contributed by atoms with van der Waals surface area (Å²) in [6, 6.07) is 10.5. The van der Waals surface area contributed by atoms with Gasteiger partial charge in [-0.05, 0) is 30.2 Å². The Morgan fingerprint density at radius 3 is 2.83 bits per heavy atom. The average molecular weight is 296 g/mol. The smallest absolute Gasteiger partial charge is 0.0840 e. The molecule has 1 atom stereocenters. The van der Waals surface area contributed by atoms with Gasteiger partial charge in [0.05, 0.1) is 15.1 Å².